The summed E-state index contributed by atoms with van der Waals surface area (Å²) in [5.74, 6) is 0. The van der Waals surface area contributed by atoms with Crippen LogP contribution in [0.15, 0.2) is 30.3 Å². The van der Waals surface area contributed by atoms with Gasteiger partial charge < -0.3 is 15.5 Å². The molecule has 19 heavy (non-hydrogen) atoms. The highest BCUT2D eigenvalue weighted by Crippen LogP contribution is 2.28. The van der Waals surface area contributed by atoms with E-state index in [1.165, 1.54) is 5.56 Å². The molecule has 0 saturated carbocycles. The fourth-order valence-corrected chi connectivity index (χ4v) is 2.38. The van der Waals surface area contributed by atoms with E-state index in [1.807, 2.05) is 48.9 Å². The van der Waals surface area contributed by atoms with Crippen LogP contribution in [0.5, 0.6) is 0 Å². The maximum Gasteiger partial charge on any atom is 0.320 e. The Hall–Kier alpha value is -1.55. The van der Waals surface area contributed by atoms with Crippen molar-refractivity contribution in [2.75, 3.05) is 20.1 Å². The molecule has 1 saturated heterocycles. The fraction of sp³-hybridized carbons (Fsp3) is 0.533. The third kappa shape index (κ3) is 3.26. The van der Waals surface area contributed by atoms with E-state index >= 15 is 0 Å². The Labute approximate surface area is 115 Å². The van der Waals surface area contributed by atoms with Crippen molar-refractivity contribution in [1.82, 2.24) is 9.80 Å². The van der Waals surface area contributed by atoms with E-state index in [-0.39, 0.29) is 17.6 Å². The zero-order chi connectivity index (χ0) is 14.0. The summed E-state index contributed by atoms with van der Waals surface area (Å²) < 4.78 is 0. The number of amides is 2. The lowest BCUT2D eigenvalue weighted by Crippen LogP contribution is -2.38. The minimum atomic E-state index is -0.232. The van der Waals surface area contributed by atoms with Crippen LogP contribution in [0.1, 0.15) is 31.9 Å². The minimum Gasteiger partial charge on any atom is -0.325 e. The Morgan fingerprint density at radius 1 is 1.32 bits per heavy atom. The van der Waals surface area contributed by atoms with Crippen LogP contribution >= 0.6 is 0 Å². The molecule has 4 heteroatoms. The van der Waals surface area contributed by atoms with Gasteiger partial charge in [0.1, 0.15) is 0 Å². The van der Waals surface area contributed by atoms with Gasteiger partial charge in [0.25, 0.3) is 0 Å². The summed E-state index contributed by atoms with van der Waals surface area (Å²) in [4.78, 5) is 15.9. The van der Waals surface area contributed by atoms with Crippen LogP contribution < -0.4 is 5.73 Å². The van der Waals surface area contributed by atoms with Gasteiger partial charge in [-0.15, -0.1) is 0 Å². The van der Waals surface area contributed by atoms with Crippen molar-refractivity contribution < 1.29 is 4.79 Å². The average molecular weight is 261 g/mol. The third-order valence-electron chi connectivity index (χ3n) is 3.64. The van der Waals surface area contributed by atoms with E-state index in [4.69, 9.17) is 5.73 Å². The topological polar surface area (TPSA) is 49.6 Å². The highest BCUT2D eigenvalue weighted by molar-refractivity contribution is 5.77. The zero-order valence-corrected chi connectivity index (χ0v) is 12.0. The lowest BCUT2D eigenvalue weighted by Gasteiger charge is -2.22. The van der Waals surface area contributed by atoms with Gasteiger partial charge in [0, 0.05) is 25.7 Å². The number of carbonyl (C=O) groups is 1. The number of nitrogens with zero attached hydrogens (tertiary/aromatic N) is 2. The second kappa shape index (κ2) is 5.21. The molecule has 1 aromatic carbocycles. The molecule has 0 aliphatic carbocycles. The van der Waals surface area contributed by atoms with Gasteiger partial charge >= 0.3 is 6.03 Å². The fourth-order valence-electron chi connectivity index (χ4n) is 2.38. The number of rotatable bonds is 4. The van der Waals surface area contributed by atoms with Crippen LogP contribution in [0, 0.1) is 0 Å². The monoisotopic (exact) mass is 261 g/mol. The van der Waals surface area contributed by atoms with E-state index in [0.29, 0.717) is 0 Å². The molecule has 1 aromatic rings. The Morgan fingerprint density at radius 3 is 2.53 bits per heavy atom. The van der Waals surface area contributed by atoms with Crippen molar-refractivity contribution in [3.8, 4) is 0 Å². The minimum absolute atomic E-state index is 0.0955. The number of benzene rings is 1. The predicted octanol–water partition coefficient (Wildman–Crippen LogP) is 2.22. The Kier molecular flexibility index (Phi) is 3.80. The number of hydrogen-bond donors (Lipinski definition) is 1. The summed E-state index contributed by atoms with van der Waals surface area (Å²) in [5.41, 5.74) is 6.94. The molecule has 0 aromatic heterocycles. The molecule has 1 aliphatic rings. The molecule has 4 nitrogen and oxygen atoms in total. The Bertz CT molecular complexity index is 438. The van der Waals surface area contributed by atoms with Gasteiger partial charge in [-0.3, -0.25) is 0 Å². The van der Waals surface area contributed by atoms with Gasteiger partial charge in [-0.25, -0.2) is 4.79 Å². The molecule has 1 atom stereocenters. The molecule has 1 heterocycles. The molecule has 1 fully saturated rings. The zero-order valence-electron chi connectivity index (χ0n) is 12.0. The lowest BCUT2D eigenvalue weighted by atomic mass is 10.0. The molecule has 2 rings (SSSR count). The maximum atomic E-state index is 12.2. The van der Waals surface area contributed by atoms with E-state index < -0.39 is 0 Å². The van der Waals surface area contributed by atoms with E-state index in [1.54, 1.807) is 0 Å². The third-order valence-corrected chi connectivity index (χ3v) is 3.64. The molecule has 1 unspecified atom stereocenters. The van der Waals surface area contributed by atoms with Crippen LogP contribution in [0.25, 0.3) is 0 Å². The summed E-state index contributed by atoms with van der Waals surface area (Å²) in [6, 6.07) is 10.4. The van der Waals surface area contributed by atoms with E-state index in [2.05, 4.69) is 12.1 Å². The molecule has 2 N–H and O–H groups in total. The standard InChI is InChI=1S/C15H23N3O/c1-15(2,16)9-10-18-11-13(17(3)14(18)19)12-7-5-4-6-8-12/h4-8,13H,9-11,16H2,1-3H3. The molecular weight excluding hydrogens is 238 g/mol. The van der Waals surface area contributed by atoms with Crippen LogP contribution in [0.4, 0.5) is 4.79 Å². The SMILES string of the molecule is CN1C(=O)N(CCC(C)(C)N)CC1c1ccccc1. The van der Waals surface area contributed by atoms with Gasteiger partial charge in [0.2, 0.25) is 0 Å². The Balaban J connectivity index is 2.05. The summed E-state index contributed by atoms with van der Waals surface area (Å²) in [6.45, 7) is 5.45. The second-order valence-corrected chi connectivity index (χ2v) is 6.00. The summed E-state index contributed by atoms with van der Waals surface area (Å²) >= 11 is 0. The quantitative estimate of drug-likeness (QED) is 0.903. The summed E-state index contributed by atoms with van der Waals surface area (Å²) in [5, 5.41) is 0. The summed E-state index contributed by atoms with van der Waals surface area (Å²) in [6.07, 6.45) is 0.814. The van der Waals surface area contributed by atoms with Crippen molar-refractivity contribution in [1.29, 1.82) is 0 Å². The molecule has 104 valence electrons. The number of hydrogen-bond acceptors (Lipinski definition) is 2. The van der Waals surface area contributed by atoms with Crippen LogP contribution in [0.2, 0.25) is 0 Å². The maximum absolute atomic E-state index is 12.2. The largest absolute Gasteiger partial charge is 0.325 e. The molecule has 0 radical (unpaired) electrons. The number of urea groups is 1. The van der Waals surface area contributed by atoms with E-state index in [9.17, 15) is 4.79 Å². The van der Waals surface area contributed by atoms with Crippen molar-refractivity contribution in [3.63, 3.8) is 0 Å². The molecule has 2 amide bonds. The molecule has 1 aliphatic heterocycles. The normalized spacial score (nSPS) is 20.2. The number of carbonyl (C=O) groups excluding carboxylic acids is 1. The predicted molar refractivity (Wildman–Crippen MR) is 76.8 cm³/mol. The van der Waals surface area contributed by atoms with Gasteiger partial charge in [-0.05, 0) is 25.8 Å². The van der Waals surface area contributed by atoms with Crippen molar-refractivity contribution in [3.05, 3.63) is 35.9 Å². The molecular formula is C15H23N3O. The van der Waals surface area contributed by atoms with Crippen molar-refractivity contribution in [2.45, 2.75) is 31.8 Å². The van der Waals surface area contributed by atoms with Crippen molar-refractivity contribution in [2.24, 2.45) is 5.73 Å². The lowest BCUT2D eigenvalue weighted by molar-refractivity contribution is 0.193. The van der Waals surface area contributed by atoms with Crippen molar-refractivity contribution >= 4 is 6.03 Å². The van der Waals surface area contributed by atoms with Crippen LogP contribution in [-0.4, -0.2) is 41.5 Å². The van der Waals surface area contributed by atoms with Gasteiger partial charge in [-0.2, -0.15) is 0 Å². The second-order valence-electron chi connectivity index (χ2n) is 6.00. The first kappa shape index (κ1) is 13.9. The van der Waals surface area contributed by atoms with Gasteiger partial charge in [0.05, 0.1) is 6.04 Å². The first-order valence-corrected chi connectivity index (χ1v) is 6.74. The first-order chi connectivity index (χ1) is 8.88. The first-order valence-electron chi connectivity index (χ1n) is 6.74. The highest BCUT2D eigenvalue weighted by atomic mass is 16.2. The Morgan fingerprint density at radius 2 is 1.95 bits per heavy atom. The van der Waals surface area contributed by atoms with Crippen LogP contribution in [0.3, 0.4) is 0 Å². The van der Waals surface area contributed by atoms with E-state index in [0.717, 1.165) is 19.5 Å². The molecule has 0 bridgehead atoms. The van der Waals surface area contributed by atoms with Crippen LogP contribution in [-0.2, 0) is 0 Å². The smallest absolute Gasteiger partial charge is 0.320 e. The van der Waals surface area contributed by atoms with Gasteiger partial charge in [-0.1, -0.05) is 30.3 Å². The van der Waals surface area contributed by atoms with Gasteiger partial charge in [0.15, 0.2) is 0 Å². The molecule has 0 spiro atoms. The highest BCUT2D eigenvalue weighted by Gasteiger charge is 2.35. The number of likely N-dealkylation sites (N-methyl/N-ethyl adjacent to an activating group) is 1. The number of nitrogens with two attached hydrogens (primary N) is 1. The average Bonchev–Trinajstić information content (AvgIpc) is 2.64. The summed E-state index contributed by atoms with van der Waals surface area (Å²) in [7, 11) is 1.87.